The first kappa shape index (κ1) is 13.7. The topological polar surface area (TPSA) is 108 Å². The highest BCUT2D eigenvalue weighted by Gasteiger charge is 2.16. The van der Waals surface area contributed by atoms with Crippen molar-refractivity contribution >= 4 is 17.4 Å². The van der Waals surface area contributed by atoms with E-state index in [4.69, 9.17) is 0 Å². The number of hydrogen-bond acceptors (Lipinski definition) is 5. The van der Waals surface area contributed by atoms with Gasteiger partial charge < -0.3 is 5.32 Å². The van der Waals surface area contributed by atoms with Gasteiger partial charge in [-0.15, -0.1) is 0 Å². The van der Waals surface area contributed by atoms with Gasteiger partial charge in [0.05, 0.1) is 11.5 Å². The number of amides is 1. The van der Waals surface area contributed by atoms with E-state index in [2.05, 4.69) is 15.5 Å². The van der Waals surface area contributed by atoms with E-state index in [0.717, 1.165) is 0 Å². The van der Waals surface area contributed by atoms with Crippen LogP contribution >= 0.6 is 0 Å². The zero-order valence-electron chi connectivity index (χ0n) is 11.1. The van der Waals surface area contributed by atoms with Gasteiger partial charge in [0.1, 0.15) is 11.9 Å². The van der Waals surface area contributed by atoms with Crippen LogP contribution in [0.25, 0.3) is 0 Å². The fraction of sp³-hybridized carbons (Fsp3) is 0.364. The Kier molecular flexibility index (Phi) is 3.78. The van der Waals surface area contributed by atoms with Gasteiger partial charge in [-0.3, -0.25) is 24.3 Å². The first-order valence-corrected chi connectivity index (χ1v) is 5.93. The van der Waals surface area contributed by atoms with E-state index >= 15 is 0 Å². The number of rotatable bonds is 5. The maximum atomic E-state index is 11.7. The summed E-state index contributed by atoms with van der Waals surface area (Å²) in [6.45, 7) is 1.88. The number of nitro groups is 1. The van der Waals surface area contributed by atoms with Crippen molar-refractivity contribution in [2.75, 3.05) is 5.32 Å². The normalized spacial score (nSPS) is 10.5. The van der Waals surface area contributed by atoms with Gasteiger partial charge in [0, 0.05) is 25.7 Å². The summed E-state index contributed by atoms with van der Waals surface area (Å²) < 4.78 is 3.02. The van der Waals surface area contributed by atoms with E-state index in [1.807, 2.05) is 0 Å². The maximum Gasteiger partial charge on any atom is 0.309 e. The van der Waals surface area contributed by atoms with Crippen molar-refractivity contribution in [2.45, 2.75) is 19.9 Å². The van der Waals surface area contributed by atoms with Crippen molar-refractivity contribution in [3.05, 3.63) is 34.3 Å². The van der Waals surface area contributed by atoms with Crippen LogP contribution in [0.3, 0.4) is 0 Å². The van der Waals surface area contributed by atoms with Crippen LogP contribution in [-0.4, -0.2) is 30.4 Å². The molecule has 2 heterocycles. The lowest BCUT2D eigenvalue weighted by Gasteiger charge is -2.04. The number of anilines is 1. The second-order valence-corrected chi connectivity index (χ2v) is 4.27. The molecule has 106 valence electrons. The molecule has 0 saturated carbocycles. The summed E-state index contributed by atoms with van der Waals surface area (Å²) in [6.07, 6.45) is 3.07. The van der Waals surface area contributed by atoms with Gasteiger partial charge in [0.15, 0.2) is 5.82 Å². The van der Waals surface area contributed by atoms with Gasteiger partial charge in [-0.2, -0.15) is 10.2 Å². The average Bonchev–Trinajstić information content (AvgIpc) is 2.93. The molecule has 0 aliphatic heterocycles. The van der Waals surface area contributed by atoms with E-state index in [-0.39, 0.29) is 24.6 Å². The van der Waals surface area contributed by atoms with Gasteiger partial charge in [-0.25, -0.2) is 0 Å². The molecule has 0 fully saturated rings. The standard InChI is InChI=1S/C11H14N6O3/c1-8-9(17(19)20)7-12-16(8)6-4-11(18)13-10-3-5-15(2)14-10/h3,5,7H,4,6H2,1-2H3,(H,13,14,18). The Bertz CT molecular complexity index is 644. The molecular formula is C11H14N6O3. The minimum Gasteiger partial charge on any atom is -0.309 e. The molecule has 20 heavy (non-hydrogen) atoms. The van der Waals surface area contributed by atoms with E-state index in [0.29, 0.717) is 11.5 Å². The summed E-state index contributed by atoms with van der Waals surface area (Å²) in [4.78, 5) is 21.9. The SMILES string of the molecule is Cc1c([N+](=O)[O-])cnn1CCC(=O)Nc1ccn(C)n1. The number of carbonyl (C=O) groups is 1. The lowest BCUT2D eigenvalue weighted by molar-refractivity contribution is -0.385. The summed E-state index contributed by atoms with van der Waals surface area (Å²) in [5.74, 6) is 0.252. The van der Waals surface area contributed by atoms with Gasteiger partial charge in [0.25, 0.3) is 0 Å². The number of nitrogens with one attached hydrogen (secondary N) is 1. The maximum absolute atomic E-state index is 11.7. The molecule has 0 aromatic carbocycles. The molecule has 9 nitrogen and oxygen atoms in total. The number of aryl methyl sites for hydroxylation is 2. The third-order valence-corrected chi connectivity index (χ3v) is 2.81. The highest BCUT2D eigenvalue weighted by Crippen LogP contribution is 2.16. The van der Waals surface area contributed by atoms with Crippen molar-refractivity contribution in [2.24, 2.45) is 7.05 Å². The fourth-order valence-electron chi connectivity index (χ4n) is 1.74. The van der Waals surface area contributed by atoms with E-state index in [9.17, 15) is 14.9 Å². The van der Waals surface area contributed by atoms with Gasteiger partial charge >= 0.3 is 5.69 Å². The summed E-state index contributed by atoms with van der Waals surface area (Å²) in [7, 11) is 1.75. The minimum atomic E-state index is -0.493. The van der Waals surface area contributed by atoms with Crippen molar-refractivity contribution in [3.63, 3.8) is 0 Å². The minimum absolute atomic E-state index is 0.0462. The van der Waals surface area contributed by atoms with Crippen LogP contribution in [0.5, 0.6) is 0 Å². The Labute approximate surface area is 114 Å². The molecule has 0 saturated heterocycles. The number of carbonyl (C=O) groups excluding carboxylic acids is 1. The molecule has 2 aromatic rings. The average molecular weight is 278 g/mol. The van der Waals surface area contributed by atoms with Crippen LogP contribution < -0.4 is 5.32 Å². The summed E-state index contributed by atoms with van der Waals surface area (Å²) in [5, 5.41) is 21.2. The van der Waals surface area contributed by atoms with Gasteiger partial charge in [-0.1, -0.05) is 0 Å². The van der Waals surface area contributed by atoms with Crippen molar-refractivity contribution in [3.8, 4) is 0 Å². The number of nitrogens with zero attached hydrogens (tertiary/aromatic N) is 5. The fourth-order valence-corrected chi connectivity index (χ4v) is 1.74. The highest BCUT2D eigenvalue weighted by molar-refractivity contribution is 5.89. The lowest BCUT2D eigenvalue weighted by Crippen LogP contribution is -2.16. The van der Waals surface area contributed by atoms with Crippen molar-refractivity contribution in [1.29, 1.82) is 0 Å². The molecule has 2 rings (SSSR count). The smallest absolute Gasteiger partial charge is 0.309 e. The molecule has 9 heteroatoms. The summed E-state index contributed by atoms with van der Waals surface area (Å²) >= 11 is 0. The first-order chi connectivity index (χ1) is 9.47. The molecule has 0 aliphatic carbocycles. The predicted octanol–water partition coefficient (Wildman–Crippen LogP) is 0.862. The van der Waals surface area contributed by atoms with Crippen LogP contribution in [0, 0.1) is 17.0 Å². The Morgan fingerprint density at radius 1 is 1.55 bits per heavy atom. The quantitative estimate of drug-likeness (QED) is 0.644. The van der Waals surface area contributed by atoms with Crippen LogP contribution in [0.15, 0.2) is 18.5 Å². The Morgan fingerprint density at radius 3 is 2.85 bits per heavy atom. The molecule has 0 atom stereocenters. The van der Waals surface area contributed by atoms with Crippen LogP contribution in [0.4, 0.5) is 11.5 Å². The van der Waals surface area contributed by atoms with Crippen LogP contribution in [0.2, 0.25) is 0 Å². The molecule has 2 aromatic heterocycles. The predicted molar refractivity (Wildman–Crippen MR) is 70.1 cm³/mol. The Balaban J connectivity index is 1.92. The summed E-state index contributed by atoms with van der Waals surface area (Å²) in [6, 6.07) is 1.68. The highest BCUT2D eigenvalue weighted by atomic mass is 16.6. The number of hydrogen-bond donors (Lipinski definition) is 1. The Morgan fingerprint density at radius 2 is 2.30 bits per heavy atom. The Hall–Kier alpha value is -2.71. The third-order valence-electron chi connectivity index (χ3n) is 2.81. The van der Waals surface area contributed by atoms with E-state index in [1.165, 1.54) is 10.9 Å². The molecule has 0 radical (unpaired) electrons. The molecular weight excluding hydrogens is 264 g/mol. The van der Waals surface area contributed by atoms with Crippen LogP contribution in [-0.2, 0) is 18.4 Å². The van der Waals surface area contributed by atoms with Crippen molar-refractivity contribution in [1.82, 2.24) is 19.6 Å². The lowest BCUT2D eigenvalue weighted by atomic mass is 10.3. The number of aromatic nitrogens is 4. The van der Waals surface area contributed by atoms with Gasteiger partial charge in [-0.05, 0) is 6.92 Å². The van der Waals surface area contributed by atoms with Crippen LogP contribution in [0.1, 0.15) is 12.1 Å². The third kappa shape index (κ3) is 2.99. The summed E-state index contributed by atoms with van der Waals surface area (Å²) in [5.41, 5.74) is 0.385. The first-order valence-electron chi connectivity index (χ1n) is 5.93. The molecule has 0 bridgehead atoms. The van der Waals surface area contributed by atoms with Gasteiger partial charge in [0.2, 0.25) is 5.91 Å². The second kappa shape index (κ2) is 5.51. The molecule has 0 unspecified atom stereocenters. The van der Waals surface area contributed by atoms with E-state index < -0.39 is 4.92 Å². The monoisotopic (exact) mass is 278 g/mol. The zero-order chi connectivity index (χ0) is 14.7. The second-order valence-electron chi connectivity index (χ2n) is 4.27. The molecule has 0 spiro atoms. The van der Waals surface area contributed by atoms with E-state index in [1.54, 1.807) is 30.9 Å². The molecule has 0 aliphatic rings. The molecule has 1 N–H and O–H groups in total. The zero-order valence-corrected chi connectivity index (χ0v) is 11.1. The van der Waals surface area contributed by atoms with Crippen molar-refractivity contribution < 1.29 is 9.72 Å². The largest absolute Gasteiger partial charge is 0.309 e. The molecule has 1 amide bonds.